The standard InChI is InChI=1S/C25H29FN4O2/c1-3-28(4-2)25(32)29-15-13-19(14-16-29)23(31)24-27-21-7-5-6-8-22(21)30(24)17-18-9-11-20(26)12-10-18/h5-12,19H,3-4,13-17H2,1-2H3. The molecule has 0 spiro atoms. The monoisotopic (exact) mass is 436 g/mol. The molecular weight excluding hydrogens is 407 g/mol. The van der Waals surface area contributed by atoms with Gasteiger partial charge in [0.25, 0.3) is 0 Å². The number of para-hydroxylation sites is 2. The number of hydrogen-bond donors (Lipinski definition) is 0. The number of fused-ring (bicyclic) bond motifs is 1. The number of piperidine rings is 1. The number of amides is 2. The van der Waals surface area contributed by atoms with Crippen molar-refractivity contribution in [3.05, 3.63) is 65.7 Å². The van der Waals surface area contributed by atoms with Crippen molar-refractivity contribution in [1.29, 1.82) is 0 Å². The van der Waals surface area contributed by atoms with Gasteiger partial charge in [0.1, 0.15) is 5.82 Å². The molecule has 1 fully saturated rings. The molecule has 32 heavy (non-hydrogen) atoms. The summed E-state index contributed by atoms with van der Waals surface area (Å²) in [4.78, 5) is 34.4. The summed E-state index contributed by atoms with van der Waals surface area (Å²) < 4.78 is 15.3. The molecule has 7 heteroatoms. The molecule has 168 valence electrons. The van der Waals surface area contributed by atoms with Crippen molar-refractivity contribution >= 4 is 22.8 Å². The van der Waals surface area contributed by atoms with Crippen molar-refractivity contribution in [1.82, 2.24) is 19.4 Å². The van der Waals surface area contributed by atoms with Crippen LogP contribution in [0.4, 0.5) is 9.18 Å². The van der Waals surface area contributed by atoms with Gasteiger partial charge in [-0.3, -0.25) is 4.79 Å². The SMILES string of the molecule is CCN(CC)C(=O)N1CCC(C(=O)c2nc3ccccc3n2Cc2ccc(F)cc2)CC1. The lowest BCUT2D eigenvalue weighted by molar-refractivity contribution is 0.0822. The predicted molar refractivity (Wildman–Crippen MR) is 122 cm³/mol. The normalized spacial score (nSPS) is 14.7. The molecule has 6 nitrogen and oxygen atoms in total. The third-order valence-corrected chi connectivity index (χ3v) is 6.30. The Bertz CT molecular complexity index is 1100. The number of ketones is 1. The van der Waals surface area contributed by atoms with Gasteiger partial charge in [0.15, 0.2) is 5.82 Å². The van der Waals surface area contributed by atoms with Crippen molar-refractivity contribution in [3.63, 3.8) is 0 Å². The molecule has 1 aromatic heterocycles. The maximum Gasteiger partial charge on any atom is 0.319 e. The van der Waals surface area contributed by atoms with Crippen molar-refractivity contribution in [2.45, 2.75) is 33.2 Å². The summed E-state index contributed by atoms with van der Waals surface area (Å²) in [6, 6.07) is 14.1. The molecule has 2 amide bonds. The summed E-state index contributed by atoms with van der Waals surface area (Å²) in [6.07, 6.45) is 1.26. The minimum atomic E-state index is -0.286. The fourth-order valence-corrected chi connectivity index (χ4v) is 4.41. The number of urea groups is 1. The minimum absolute atomic E-state index is 0.0123. The summed E-state index contributed by atoms with van der Waals surface area (Å²) in [5, 5.41) is 0. The number of likely N-dealkylation sites (tertiary alicyclic amines) is 1. The Hall–Kier alpha value is -3.22. The Morgan fingerprint density at radius 1 is 1.03 bits per heavy atom. The number of benzene rings is 2. The van der Waals surface area contributed by atoms with Gasteiger partial charge in [0, 0.05) is 38.6 Å². The number of nitrogens with zero attached hydrogens (tertiary/aromatic N) is 4. The third kappa shape index (κ3) is 4.38. The van der Waals surface area contributed by atoms with Crippen LogP contribution in [-0.2, 0) is 6.54 Å². The van der Waals surface area contributed by atoms with Crippen molar-refractivity contribution in [2.24, 2.45) is 5.92 Å². The van der Waals surface area contributed by atoms with Crippen LogP contribution in [-0.4, -0.2) is 57.3 Å². The van der Waals surface area contributed by atoms with Crippen LogP contribution >= 0.6 is 0 Å². The molecule has 1 aliphatic rings. The molecule has 1 aliphatic heterocycles. The number of halogens is 1. The van der Waals surface area contributed by atoms with Gasteiger partial charge >= 0.3 is 6.03 Å². The highest BCUT2D eigenvalue weighted by Gasteiger charge is 2.32. The molecule has 0 unspecified atom stereocenters. The van der Waals surface area contributed by atoms with Gasteiger partial charge in [-0.25, -0.2) is 14.2 Å². The summed E-state index contributed by atoms with van der Waals surface area (Å²) >= 11 is 0. The van der Waals surface area contributed by atoms with E-state index in [1.807, 2.05) is 52.5 Å². The van der Waals surface area contributed by atoms with Gasteiger partial charge in [0.2, 0.25) is 5.78 Å². The zero-order chi connectivity index (χ0) is 22.7. The minimum Gasteiger partial charge on any atom is -0.325 e. The van der Waals surface area contributed by atoms with Crippen LogP contribution in [0.15, 0.2) is 48.5 Å². The first kappa shape index (κ1) is 22.0. The van der Waals surface area contributed by atoms with E-state index in [0.717, 1.165) is 16.6 Å². The quantitative estimate of drug-likeness (QED) is 0.532. The number of rotatable bonds is 6. The molecule has 0 aliphatic carbocycles. The lowest BCUT2D eigenvalue weighted by Gasteiger charge is -2.34. The zero-order valence-electron chi connectivity index (χ0n) is 18.6. The molecule has 0 saturated carbocycles. The zero-order valence-corrected chi connectivity index (χ0v) is 18.6. The Labute approximate surface area is 187 Å². The number of hydrogen-bond acceptors (Lipinski definition) is 3. The van der Waals surface area contributed by atoms with Crippen LogP contribution in [0.5, 0.6) is 0 Å². The molecule has 0 atom stereocenters. The van der Waals surface area contributed by atoms with Crippen molar-refractivity contribution in [2.75, 3.05) is 26.2 Å². The van der Waals surface area contributed by atoms with E-state index in [0.29, 0.717) is 51.4 Å². The van der Waals surface area contributed by atoms with Crippen LogP contribution < -0.4 is 0 Å². The van der Waals surface area contributed by atoms with Crippen LogP contribution in [0.3, 0.4) is 0 Å². The molecule has 2 aromatic carbocycles. The smallest absolute Gasteiger partial charge is 0.319 e. The topological polar surface area (TPSA) is 58.4 Å². The second kappa shape index (κ2) is 9.51. The summed E-state index contributed by atoms with van der Waals surface area (Å²) in [6.45, 7) is 6.91. The number of Topliss-reactive ketones (excluding diaryl/α,β-unsaturated/α-hetero) is 1. The molecule has 1 saturated heterocycles. The number of carbonyl (C=O) groups excluding carboxylic acids is 2. The fourth-order valence-electron chi connectivity index (χ4n) is 4.41. The van der Waals surface area contributed by atoms with Gasteiger partial charge in [0.05, 0.1) is 11.0 Å². The molecule has 4 rings (SSSR count). The summed E-state index contributed by atoms with van der Waals surface area (Å²) in [5.74, 6) is -0.00612. The predicted octanol–water partition coefficient (Wildman–Crippen LogP) is 4.58. The molecule has 2 heterocycles. The second-order valence-electron chi connectivity index (χ2n) is 8.22. The molecule has 3 aromatic rings. The van der Waals surface area contributed by atoms with E-state index in [4.69, 9.17) is 0 Å². The largest absolute Gasteiger partial charge is 0.325 e. The van der Waals surface area contributed by atoms with Gasteiger partial charge in [-0.1, -0.05) is 24.3 Å². The third-order valence-electron chi connectivity index (χ3n) is 6.30. The second-order valence-corrected chi connectivity index (χ2v) is 8.22. The molecule has 0 N–H and O–H groups in total. The maximum atomic E-state index is 13.5. The van der Waals surface area contributed by atoms with Crippen LogP contribution in [0.25, 0.3) is 11.0 Å². The lowest BCUT2D eigenvalue weighted by Crippen LogP contribution is -2.47. The highest BCUT2D eigenvalue weighted by Crippen LogP contribution is 2.26. The molecule has 0 radical (unpaired) electrons. The van der Waals surface area contributed by atoms with Gasteiger partial charge < -0.3 is 14.4 Å². The first-order valence-corrected chi connectivity index (χ1v) is 11.3. The van der Waals surface area contributed by atoms with E-state index in [9.17, 15) is 14.0 Å². The Kier molecular flexibility index (Phi) is 6.53. The Morgan fingerprint density at radius 3 is 2.34 bits per heavy atom. The van der Waals surface area contributed by atoms with Crippen molar-refractivity contribution in [3.8, 4) is 0 Å². The fraction of sp³-hybridized carbons (Fsp3) is 0.400. The first-order chi connectivity index (χ1) is 15.5. The maximum absolute atomic E-state index is 13.5. The molecule has 0 bridgehead atoms. The van der Waals surface area contributed by atoms with Crippen LogP contribution in [0.2, 0.25) is 0 Å². The van der Waals surface area contributed by atoms with Crippen LogP contribution in [0, 0.1) is 11.7 Å². The van der Waals surface area contributed by atoms with Gasteiger partial charge in [-0.2, -0.15) is 0 Å². The Morgan fingerprint density at radius 2 is 1.69 bits per heavy atom. The number of imidazole rings is 1. The van der Waals surface area contributed by atoms with E-state index < -0.39 is 0 Å². The summed E-state index contributed by atoms with van der Waals surface area (Å²) in [7, 11) is 0. The Balaban J connectivity index is 1.55. The van der Waals surface area contributed by atoms with Crippen LogP contribution in [0.1, 0.15) is 42.9 Å². The number of carbonyl (C=O) groups is 2. The van der Waals surface area contributed by atoms with E-state index in [1.54, 1.807) is 12.1 Å². The van der Waals surface area contributed by atoms with E-state index >= 15 is 0 Å². The van der Waals surface area contributed by atoms with E-state index in [-0.39, 0.29) is 23.5 Å². The van der Waals surface area contributed by atoms with Gasteiger partial charge in [-0.15, -0.1) is 0 Å². The molecular formula is C25H29FN4O2. The highest BCUT2D eigenvalue weighted by atomic mass is 19.1. The number of aromatic nitrogens is 2. The van der Waals surface area contributed by atoms with E-state index in [2.05, 4.69) is 4.98 Å². The van der Waals surface area contributed by atoms with Crippen molar-refractivity contribution < 1.29 is 14.0 Å². The lowest BCUT2D eigenvalue weighted by atomic mass is 9.92. The van der Waals surface area contributed by atoms with Gasteiger partial charge in [-0.05, 0) is 56.5 Å². The van der Waals surface area contributed by atoms with E-state index in [1.165, 1.54) is 12.1 Å². The average molecular weight is 437 g/mol. The summed E-state index contributed by atoms with van der Waals surface area (Å²) in [5.41, 5.74) is 2.56. The first-order valence-electron chi connectivity index (χ1n) is 11.3. The highest BCUT2D eigenvalue weighted by molar-refractivity contribution is 5.98. The average Bonchev–Trinajstić information content (AvgIpc) is 3.19.